The number of rotatable bonds is 4. The predicted molar refractivity (Wildman–Crippen MR) is 48.9 cm³/mol. The van der Waals surface area contributed by atoms with Gasteiger partial charge in [-0.1, -0.05) is 0 Å². The first-order chi connectivity index (χ1) is 6.58. The van der Waals surface area contributed by atoms with E-state index >= 15 is 0 Å². The zero-order valence-electron chi connectivity index (χ0n) is 7.98. The molecule has 0 aromatic heterocycles. The Balaban J connectivity index is 1.97. The summed E-state index contributed by atoms with van der Waals surface area (Å²) in [5, 5.41) is 0. The third kappa shape index (κ3) is 5.61. The maximum absolute atomic E-state index is 11.8. The molecule has 1 atom stereocenters. The molecule has 6 heteroatoms. The molecule has 1 saturated heterocycles. The fourth-order valence-corrected chi connectivity index (χ4v) is 2.04. The first kappa shape index (κ1) is 12.0. The van der Waals surface area contributed by atoms with Crippen molar-refractivity contribution in [3.05, 3.63) is 0 Å². The van der Waals surface area contributed by atoms with Crippen LogP contribution >= 0.6 is 0 Å². The fraction of sp³-hybridized carbons (Fsp3) is 1.00. The first-order valence-electron chi connectivity index (χ1n) is 4.88. The minimum atomic E-state index is -3.93. The molecule has 0 N–H and O–H groups in total. The lowest BCUT2D eigenvalue weighted by Gasteiger charge is -2.22. The van der Waals surface area contributed by atoms with Crippen LogP contribution in [0.15, 0.2) is 0 Å². The summed E-state index contributed by atoms with van der Waals surface area (Å²) in [5.41, 5.74) is 0. The maximum atomic E-state index is 11.8. The molecule has 84 valence electrons. The summed E-state index contributed by atoms with van der Waals surface area (Å²) in [6.45, 7) is 0.859. The Labute approximate surface area is 83.6 Å². The first-order valence-corrected chi connectivity index (χ1v) is 6.58. The monoisotopic (exact) mass is 228 g/mol. The van der Waals surface area contributed by atoms with Gasteiger partial charge in [-0.05, 0) is 25.3 Å². The van der Waals surface area contributed by atoms with Gasteiger partial charge in [0, 0.05) is 13.2 Å². The standard InChI is InChI=1S/C8H15F3O2Si/c9-8(10,11)14-6-5-13-7-3-1-2-4-12-7/h7H,1-6,14H2. The lowest BCUT2D eigenvalue weighted by molar-refractivity contribution is -0.159. The highest BCUT2D eigenvalue weighted by molar-refractivity contribution is 6.38. The van der Waals surface area contributed by atoms with Crippen LogP contribution in [-0.4, -0.2) is 34.8 Å². The van der Waals surface area contributed by atoms with Crippen molar-refractivity contribution in [2.75, 3.05) is 13.2 Å². The third-order valence-electron chi connectivity index (χ3n) is 2.05. The smallest absolute Gasteiger partial charge is 0.353 e. The van der Waals surface area contributed by atoms with Gasteiger partial charge in [0.1, 0.15) is 0 Å². The van der Waals surface area contributed by atoms with Gasteiger partial charge in [-0.25, -0.2) is 0 Å². The maximum Gasteiger partial charge on any atom is 0.355 e. The molecule has 0 bridgehead atoms. The fourth-order valence-electron chi connectivity index (χ4n) is 1.33. The second-order valence-corrected chi connectivity index (χ2v) is 5.39. The highest BCUT2D eigenvalue weighted by Crippen LogP contribution is 2.16. The van der Waals surface area contributed by atoms with Crippen LogP contribution in [0.3, 0.4) is 0 Å². The minimum Gasteiger partial charge on any atom is -0.353 e. The Morgan fingerprint density at radius 2 is 2.14 bits per heavy atom. The molecule has 0 amide bonds. The number of alkyl halides is 3. The molecule has 0 aliphatic carbocycles. The molecule has 1 fully saturated rings. The van der Waals surface area contributed by atoms with Gasteiger partial charge in [-0.15, -0.1) is 0 Å². The van der Waals surface area contributed by atoms with Crippen molar-refractivity contribution in [1.29, 1.82) is 0 Å². The van der Waals surface area contributed by atoms with Crippen LogP contribution in [0.4, 0.5) is 13.2 Å². The Morgan fingerprint density at radius 1 is 1.36 bits per heavy atom. The van der Waals surface area contributed by atoms with Gasteiger partial charge in [-0.2, -0.15) is 13.2 Å². The normalized spacial score (nSPS) is 24.6. The average molecular weight is 228 g/mol. The highest BCUT2D eigenvalue weighted by atomic mass is 28.2. The molecule has 2 nitrogen and oxygen atoms in total. The Hall–Kier alpha value is -0.0731. The molecule has 0 radical (unpaired) electrons. The molecule has 0 saturated carbocycles. The van der Waals surface area contributed by atoms with Gasteiger partial charge in [-0.3, -0.25) is 0 Å². The SMILES string of the molecule is FC(F)(F)[SiH2]CCOC1CCCCO1. The molecule has 0 aromatic carbocycles. The second kappa shape index (κ2) is 5.72. The van der Waals surface area contributed by atoms with E-state index in [4.69, 9.17) is 9.47 Å². The molecule has 1 rings (SSSR count). The topological polar surface area (TPSA) is 18.5 Å². The summed E-state index contributed by atoms with van der Waals surface area (Å²) in [4.78, 5) is 0. The van der Waals surface area contributed by atoms with Gasteiger partial charge in [0.15, 0.2) is 15.8 Å². The van der Waals surface area contributed by atoms with Crippen LogP contribution in [0.5, 0.6) is 0 Å². The van der Waals surface area contributed by atoms with E-state index in [1.807, 2.05) is 0 Å². The van der Waals surface area contributed by atoms with Crippen LogP contribution in [0.1, 0.15) is 19.3 Å². The number of hydrogen-bond donors (Lipinski definition) is 0. The molecule has 1 aliphatic heterocycles. The van der Waals surface area contributed by atoms with Crippen LogP contribution in [0.2, 0.25) is 6.04 Å². The third-order valence-corrected chi connectivity index (χ3v) is 3.26. The number of halogens is 3. The van der Waals surface area contributed by atoms with E-state index < -0.39 is 15.3 Å². The van der Waals surface area contributed by atoms with Crippen molar-refractivity contribution in [3.8, 4) is 0 Å². The number of ether oxygens (including phenoxy) is 2. The quantitative estimate of drug-likeness (QED) is 0.538. The van der Waals surface area contributed by atoms with E-state index in [2.05, 4.69) is 0 Å². The lowest BCUT2D eigenvalue weighted by Crippen LogP contribution is -2.25. The van der Waals surface area contributed by atoms with E-state index in [0.29, 0.717) is 6.61 Å². The van der Waals surface area contributed by atoms with E-state index in [1.54, 1.807) is 0 Å². The molecule has 0 aromatic rings. The number of hydrogen-bond acceptors (Lipinski definition) is 2. The molecule has 14 heavy (non-hydrogen) atoms. The van der Waals surface area contributed by atoms with Gasteiger partial charge >= 0.3 is 5.80 Å². The zero-order chi connectivity index (χ0) is 10.4. The summed E-state index contributed by atoms with van der Waals surface area (Å²) < 4.78 is 45.8. The van der Waals surface area contributed by atoms with Crippen LogP contribution in [-0.2, 0) is 9.47 Å². The Morgan fingerprint density at radius 3 is 2.71 bits per heavy atom. The van der Waals surface area contributed by atoms with Crippen molar-refractivity contribution in [2.45, 2.75) is 37.4 Å². The summed E-state index contributed by atoms with van der Waals surface area (Å²) >= 11 is 0. The van der Waals surface area contributed by atoms with Crippen molar-refractivity contribution in [1.82, 2.24) is 0 Å². The van der Waals surface area contributed by atoms with Gasteiger partial charge in [0.05, 0.1) is 0 Å². The Kier molecular flexibility index (Phi) is 4.90. The van der Waals surface area contributed by atoms with Crippen LogP contribution < -0.4 is 0 Å². The molecule has 0 spiro atoms. The van der Waals surface area contributed by atoms with Crippen molar-refractivity contribution < 1.29 is 22.6 Å². The predicted octanol–water partition coefficient (Wildman–Crippen LogP) is 1.64. The van der Waals surface area contributed by atoms with E-state index in [-0.39, 0.29) is 18.9 Å². The highest BCUT2D eigenvalue weighted by Gasteiger charge is 2.26. The lowest BCUT2D eigenvalue weighted by atomic mass is 10.2. The summed E-state index contributed by atoms with van der Waals surface area (Å²) in [6.07, 6.45) is 2.62. The minimum absolute atomic E-state index is 0.156. The average Bonchev–Trinajstić information content (AvgIpc) is 2.13. The van der Waals surface area contributed by atoms with Gasteiger partial charge in [0.2, 0.25) is 0 Å². The van der Waals surface area contributed by atoms with Gasteiger partial charge < -0.3 is 9.47 Å². The van der Waals surface area contributed by atoms with E-state index in [1.165, 1.54) is 0 Å². The summed E-state index contributed by atoms with van der Waals surface area (Å²) in [6, 6.07) is 0.156. The summed E-state index contributed by atoms with van der Waals surface area (Å²) in [5.74, 6) is -3.93. The van der Waals surface area contributed by atoms with E-state index in [0.717, 1.165) is 19.3 Å². The molecular formula is C8H15F3O2Si. The van der Waals surface area contributed by atoms with Crippen molar-refractivity contribution in [3.63, 3.8) is 0 Å². The van der Waals surface area contributed by atoms with Crippen molar-refractivity contribution in [2.24, 2.45) is 0 Å². The zero-order valence-corrected chi connectivity index (χ0v) is 9.39. The van der Waals surface area contributed by atoms with Crippen LogP contribution in [0, 0.1) is 0 Å². The van der Waals surface area contributed by atoms with Crippen LogP contribution in [0.25, 0.3) is 0 Å². The molecule has 1 unspecified atom stereocenters. The summed E-state index contributed by atoms with van der Waals surface area (Å²) in [7, 11) is -1.98. The Bertz CT molecular complexity index is 157. The largest absolute Gasteiger partial charge is 0.355 e. The molecular weight excluding hydrogens is 213 g/mol. The molecule has 1 aliphatic rings. The van der Waals surface area contributed by atoms with Gasteiger partial charge in [0.25, 0.3) is 0 Å². The van der Waals surface area contributed by atoms with Crippen molar-refractivity contribution >= 4 is 9.52 Å². The second-order valence-electron chi connectivity index (χ2n) is 3.39. The molecule has 1 heterocycles. The van der Waals surface area contributed by atoms with E-state index in [9.17, 15) is 13.2 Å².